The highest BCUT2D eigenvalue weighted by atomic mass is 32.2. The van der Waals surface area contributed by atoms with E-state index in [0.717, 1.165) is 5.62 Å². The van der Waals surface area contributed by atoms with Crippen LogP contribution in [-0.2, 0) is 15.7 Å². The fourth-order valence-corrected chi connectivity index (χ4v) is 0. The predicted octanol–water partition coefficient (Wildman–Crippen LogP) is 0.0545. The molecular formula is C3H7OS+. The molecule has 0 fully saturated rings. The highest BCUT2D eigenvalue weighted by molar-refractivity contribution is 8.07. The number of hydrogen-bond donors (Lipinski definition) is 0. The first-order valence-corrected chi connectivity index (χ1v) is 3.39. The standard InChI is InChI=1S/C3H7OS/c1-5(2)3-4/h3H,1-2H3/q+1. The van der Waals surface area contributed by atoms with Crippen LogP contribution in [0.2, 0.25) is 0 Å². The molecule has 0 aliphatic heterocycles. The van der Waals surface area contributed by atoms with Gasteiger partial charge in [0.2, 0.25) is 0 Å². The molecule has 0 saturated heterocycles. The number of hydrogen-bond acceptors (Lipinski definition) is 1. The molecule has 0 atom stereocenters. The largest absolute Gasteiger partial charge is 0.319 e. The molecule has 0 bridgehead atoms. The lowest BCUT2D eigenvalue weighted by molar-refractivity contribution is 0.569. The maximum Gasteiger partial charge on any atom is 0.319 e. The minimum absolute atomic E-state index is 0.00309. The summed E-state index contributed by atoms with van der Waals surface area (Å²) in [5.74, 6) is 0. The van der Waals surface area contributed by atoms with Crippen molar-refractivity contribution in [2.24, 2.45) is 0 Å². The molecule has 0 aliphatic rings. The third-order valence-electron chi connectivity index (χ3n) is 0.192. The fourth-order valence-electron chi connectivity index (χ4n) is 0. The molecule has 0 aliphatic carbocycles. The van der Waals surface area contributed by atoms with E-state index in [4.69, 9.17) is 0 Å². The summed E-state index contributed by atoms with van der Waals surface area (Å²) in [5, 5.41) is 0. The Balaban J connectivity index is 2.83. The van der Waals surface area contributed by atoms with Gasteiger partial charge in [-0.15, -0.1) is 0 Å². The van der Waals surface area contributed by atoms with Crippen LogP contribution in [0.15, 0.2) is 0 Å². The Morgan fingerprint density at radius 2 is 1.80 bits per heavy atom. The van der Waals surface area contributed by atoms with Gasteiger partial charge in [0.25, 0.3) is 0 Å². The quantitative estimate of drug-likeness (QED) is 0.329. The van der Waals surface area contributed by atoms with Crippen LogP contribution in [0.3, 0.4) is 0 Å². The van der Waals surface area contributed by atoms with E-state index in [1.54, 1.807) is 0 Å². The Labute approximate surface area is 34.7 Å². The maximum absolute atomic E-state index is 9.52. The Morgan fingerprint density at radius 3 is 1.80 bits per heavy atom. The number of rotatable bonds is 1. The van der Waals surface area contributed by atoms with Crippen molar-refractivity contribution >= 4 is 16.5 Å². The van der Waals surface area contributed by atoms with Crippen LogP contribution in [0.1, 0.15) is 0 Å². The molecule has 0 saturated carbocycles. The van der Waals surface area contributed by atoms with Crippen LogP contribution < -0.4 is 0 Å². The van der Waals surface area contributed by atoms with Gasteiger partial charge in [0, 0.05) is 0 Å². The van der Waals surface area contributed by atoms with Gasteiger partial charge < -0.3 is 0 Å². The van der Waals surface area contributed by atoms with Gasteiger partial charge >= 0.3 is 5.62 Å². The lowest BCUT2D eigenvalue weighted by Crippen LogP contribution is -1.91. The molecule has 2 heteroatoms. The average Bonchev–Trinajstić information content (AvgIpc) is 1.38. The molecule has 0 amide bonds. The molecule has 30 valence electrons. The van der Waals surface area contributed by atoms with Gasteiger partial charge in [-0.3, -0.25) is 0 Å². The summed E-state index contributed by atoms with van der Waals surface area (Å²) in [5.41, 5.74) is 0.944. The van der Waals surface area contributed by atoms with E-state index in [1.165, 1.54) is 0 Å². The van der Waals surface area contributed by atoms with Gasteiger partial charge in [-0.05, 0) is 0 Å². The first-order valence-electron chi connectivity index (χ1n) is 1.29. The minimum Gasteiger partial charge on any atom is -0.241 e. The van der Waals surface area contributed by atoms with E-state index < -0.39 is 0 Å². The lowest BCUT2D eigenvalue weighted by atomic mass is 11.8. The van der Waals surface area contributed by atoms with Crippen LogP contribution in [0.25, 0.3) is 0 Å². The number of carbonyl (C=O) groups is 1. The second-order valence-electron chi connectivity index (χ2n) is 0.976. The second-order valence-corrected chi connectivity index (χ2v) is 2.93. The molecule has 0 N–H and O–H groups in total. The highest BCUT2D eigenvalue weighted by Crippen LogP contribution is 1.67. The van der Waals surface area contributed by atoms with Crippen molar-refractivity contribution in [1.29, 1.82) is 0 Å². The van der Waals surface area contributed by atoms with Crippen LogP contribution in [-0.4, -0.2) is 18.1 Å². The summed E-state index contributed by atoms with van der Waals surface area (Å²) >= 11 is 0. The Morgan fingerprint density at radius 1 is 1.60 bits per heavy atom. The van der Waals surface area contributed by atoms with Gasteiger partial charge in [-0.25, -0.2) is 4.79 Å². The average molecular weight is 91.2 g/mol. The van der Waals surface area contributed by atoms with E-state index in [2.05, 4.69) is 0 Å². The van der Waals surface area contributed by atoms with Crippen LogP contribution in [0, 0.1) is 0 Å². The van der Waals surface area contributed by atoms with Crippen LogP contribution >= 0.6 is 0 Å². The summed E-state index contributed by atoms with van der Waals surface area (Å²) in [6.07, 6.45) is 3.76. The van der Waals surface area contributed by atoms with Crippen molar-refractivity contribution in [3.05, 3.63) is 0 Å². The highest BCUT2D eigenvalue weighted by Gasteiger charge is 1.90. The van der Waals surface area contributed by atoms with Crippen molar-refractivity contribution < 1.29 is 4.79 Å². The summed E-state index contributed by atoms with van der Waals surface area (Å²) in [6.45, 7) is 0. The monoisotopic (exact) mass is 91.0 g/mol. The summed E-state index contributed by atoms with van der Waals surface area (Å²) in [4.78, 5) is 9.52. The van der Waals surface area contributed by atoms with Crippen molar-refractivity contribution in [3.63, 3.8) is 0 Å². The molecule has 0 spiro atoms. The smallest absolute Gasteiger partial charge is 0.241 e. The summed E-state index contributed by atoms with van der Waals surface area (Å²) in [7, 11) is -0.00309. The van der Waals surface area contributed by atoms with Crippen molar-refractivity contribution in [3.8, 4) is 0 Å². The minimum atomic E-state index is -0.00309. The molecule has 5 heavy (non-hydrogen) atoms. The lowest BCUT2D eigenvalue weighted by Gasteiger charge is -1.68. The summed E-state index contributed by atoms with van der Waals surface area (Å²) < 4.78 is 0. The maximum atomic E-state index is 9.52. The van der Waals surface area contributed by atoms with Crippen molar-refractivity contribution in [2.45, 2.75) is 0 Å². The normalized spacial score (nSPS) is 8.60. The molecule has 0 rings (SSSR count). The zero-order chi connectivity index (χ0) is 4.28. The predicted molar refractivity (Wildman–Crippen MR) is 26.0 cm³/mol. The SMILES string of the molecule is C[S+](C)C=O. The fraction of sp³-hybridized carbons (Fsp3) is 0.667. The van der Waals surface area contributed by atoms with Gasteiger partial charge in [0.15, 0.2) is 0 Å². The van der Waals surface area contributed by atoms with Gasteiger partial charge in [0.05, 0.1) is 10.9 Å². The molecular weight excluding hydrogens is 84.1 g/mol. The van der Waals surface area contributed by atoms with Crippen LogP contribution in [0.4, 0.5) is 0 Å². The van der Waals surface area contributed by atoms with E-state index >= 15 is 0 Å². The second kappa shape index (κ2) is 2.27. The molecule has 0 unspecified atom stereocenters. The first kappa shape index (κ1) is 5.02. The first-order chi connectivity index (χ1) is 2.27. The van der Waals surface area contributed by atoms with Gasteiger partial charge in [-0.1, -0.05) is 0 Å². The molecule has 0 aromatic heterocycles. The molecule has 1 nitrogen and oxygen atoms in total. The van der Waals surface area contributed by atoms with Gasteiger partial charge in [-0.2, -0.15) is 0 Å². The molecule has 0 aromatic rings. The zero-order valence-corrected chi connectivity index (χ0v) is 4.21. The Kier molecular flexibility index (Phi) is 2.28. The third-order valence-corrected chi connectivity index (χ3v) is 0.577. The van der Waals surface area contributed by atoms with Crippen LogP contribution in [0.5, 0.6) is 0 Å². The molecule has 0 heterocycles. The van der Waals surface area contributed by atoms with Crippen molar-refractivity contribution in [2.75, 3.05) is 12.5 Å². The molecule has 0 radical (unpaired) electrons. The third kappa shape index (κ3) is 4.02. The van der Waals surface area contributed by atoms with E-state index in [9.17, 15) is 4.79 Å². The van der Waals surface area contributed by atoms with Gasteiger partial charge in [0.1, 0.15) is 12.5 Å². The van der Waals surface area contributed by atoms with E-state index in [0.29, 0.717) is 0 Å². The molecule has 0 aromatic carbocycles. The van der Waals surface area contributed by atoms with Crippen molar-refractivity contribution in [1.82, 2.24) is 0 Å². The zero-order valence-electron chi connectivity index (χ0n) is 3.39. The Bertz CT molecular complexity index is 33.9. The van der Waals surface area contributed by atoms with E-state index in [1.807, 2.05) is 12.5 Å². The topological polar surface area (TPSA) is 17.1 Å². The number of carbonyl (C=O) groups excluding carboxylic acids is 1. The Hall–Kier alpha value is 0.0200. The summed E-state index contributed by atoms with van der Waals surface area (Å²) in [6, 6.07) is 0. The van der Waals surface area contributed by atoms with E-state index in [-0.39, 0.29) is 10.9 Å².